The van der Waals surface area contributed by atoms with Crippen LogP contribution in [0.2, 0.25) is 0 Å². The van der Waals surface area contributed by atoms with Gasteiger partial charge in [-0.1, -0.05) is 36.8 Å². The van der Waals surface area contributed by atoms with Gasteiger partial charge in [-0.15, -0.1) is 0 Å². The van der Waals surface area contributed by atoms with Crippen LogP contribution >= 0.6 is 0 Å². The number of carbonyl (C=O) groups excluding carboxylic acids is 2. The number of rotatable bonds is 6. The van der Waals surface area contributed by atoms with Gasteiger partial charge in [0.15, 0.2) is 5.78 Å². The van der Waals surface area contributed by atoms with Crippen LogP contribution in [-0.2, 0) is 16.0 Å². The van der Waals surface area contributed by atoms with E-state index in [2.05, 4.69) is 5.32 Å². The third-order valence-corrected chi connectivity index (χ3v) is 4.52. The fourth-order valence-corrected chi connectivity index (χ4v) is 2.74. The standard InChI is InChI=1S/C21H25NO5/c1-12(10-13(2)14(3)23)4-9-18(25)19-20(26)17(22-21(19)27)11-15-5-7-16(24)8-6-15/h4-10,13-14,17,23-25H,11H2,1-3H3,(H,22,27). The van der Waals surface area contributed by atoms with Crippen molar-refractivity contribution >= 4 is 11.7 Å². The van der Waals surface area contributed by atoms with Gasteiger partial charge in [0.05, 0.1) is 12.1 Å². The topological polar surface area (TPSA) is 107 Å². The van der Waals surface area contributed by atoms with Crippen LogP contribution in [0.5, 0.6) is 5.75 Å². The van der Waals surface area contributed by atoms with E-state index in [4.69, 9.17) is 0 Å². The maximum atomic E-state index is 12.5. The van der Waals surface area contributed by atoms with Gasteiger partial charge in [0, 0.05) is 12.3 Å². The number of hydrogen-bond donors (Lipinski definition) is 4. The van der Waals surface area contributed by atoms with Crippen molar-refractivity contribution < 1.29 is 24.9 Å². The van der Waals surface area contributed by atoms with Crippen LogP contribution in [0.25, 0.3) is 0 Å². The van der Waals surface area contributed by atoms with Crippen LogP contribution in [0.4, 0.5) is 0 Å². The molecule has 0 aromatic heterocycles. The second-order valence-corrected chi connectivity index (χ2v) is 6.86. The summed E-state index contributed by atoms with van der Waals surface area (Å²) in [4.78, 5) is 24.6. The zero-order valence-corrected chi connectivity index (χ0v) is 15.6. The molecule has 0 spiro atoms. The molecule has 3 unspecified atom stereocenters. The van der Waals surface area contributed by atoms with Crippen molar-refractivity contribution in [2.75, 3.05) is 0 Å². The molecule has 6 nitrogen and oxygen atoms in total. The highest BCUT2D eigenvalue weighted by molar-refractivity contribution is 6.27. The maximum absolute atomic E-state index is 12.5. The van der Waals surface area contributed by atoms with Crippen molar-refractivity contribution in [1.82, 2.24) is 5.32 Å². The molecule has 1 heterocycles. The van der Waals surface area contributed by atoms with Crippen molar-refractivity contribution in [2.45, 2.75) is 39.3 Å². The third kappa shape index (κ3) is 5.31. The summed E-state index contributed by atoms with van der Waals surface area (Å²) in [6.45, 7) is 5.35. The molecule has 1 aliphatic heterocycles. The lowest BCUT2D eigenvalue weighted by molar-refractivity contribution is -0.117. The summed E-state index contributed by atoms with van der Waals surface area (Å²) in [5.41, 5.74) is 1.32. The minimum Gasteiger partial charge on any atom is -0.508 e. The lowest BCUT2D eigenvalue weighted by Crippen LogP contribution is -2.31. The van der Waals surface area contributed by atoms with E-state index in [1.807, 2.05) is 13.0 Å². The molecule has 4 N–H and O–H groups in total. The molecular formula is C21H25NO5. The lowest BCUT2D eigenvalue weighted by atomic mass is 10.0. The Bertz CT molecular complexity index is 802. The van der Waals surface area contributed by atoms with Crippen LogP contribution in [0.3, 0.4) is 0 Å². The zero-order valence-electron chi connectivity index (χ0n) is 15.6. The Hall–Kier alpha value is -2.86. The van der Waals surface area contributed by atoms with Crippen LogP contribution in [0.1, 0.15) is 26.3 Å². The van der Waals surface area contributed by atoms with Crippen LogP contribution in [-0.4, -0.2) is 39.2 Å². The fraction of sp³-hybridized carbons (Fsp3) is 0.333. The number of phenolic OH excluding ortho intramolecular Hbond substituents is 1. The molecule has 1 fully saturated rings. The number of carbonyl (C=O) groups is 2. The summed E-state index contributed by atoms with van der Waals surface area (Å²) in [5.74, 6) is -1.39. The molecule has 2 rings (SSSR count). The van der Waals surface area contributed by atoms with E-state index in [0.717, 1.165) is 11.1 Å². The molecule has 0 saturated carbocycles. The number of allylic oxidation sites excluding steroid dienone is 3. The number of aliphatic hydroxyl groups excluding tert-OH is 2. The Balaban J connectivity index is 2.14. The monoisotopic (exact) mass is 371 g/mol. The van der Waals surface area contributed by atoms with Gasteiger partial charge >= 0.3 is 0 Å². The van der Waals surface area contributed by atoms with Crippen molar-refractivity contribution in [1.29, 1.82) is 0 Å². The molecule has 1 aromatic rings. The third-order valence-electron chi connectivity index (χ3n) is 4.52. The molecule has 144 valence electrons. The molecule has 6 heteroatoms. The Kier molecular flexibility index (Phi) is 6.58. The largest absolute Gasteiger partial charge is 0.508 e. The zero-order chi connectivity index (χ0) is 20.1. The minimum atomic E-state index is -0.750. The number of benzene rings is 1. The normalized spacial score (nSPS) is 22.1. The molecule has 0 bridgehead atoms. The number of hydrogen-bond acceptors (Lipinski definition) is 5. The molecule has 1 aromatic carbocycles. The summed E-state index contributed by atoms with van der Waals surface area (Å²) in [5, 5.41) is 31.6. The van der Waals surface area contributed by atoms with Gasteiger partial charge in [0.25, 0.3) is 5.91 Å². The van der Waals surface area contributed by atoms with E-state index < -0.39 is 23.8 Å². The smallest absolute Gasteiger partial charge is 0.259 e. The Morgan fingerprint density at radius 1 is 1.19 bits per heavy atom. The minimum absolute atomic E-state index is 0.0597. The van der Waals surface area contributed by atoms with Crippen LogP contribution < -0.4 is 5.32 Å². The number of ketones is 1. The fourth-order valence-electron chi connectivity index (χ4n) is 2.74. The molecule has 0 radical (unpaired) electrons. The first-order valence-electron chi connectivity index (χ1n) is 8.79. The van der Waals surface area contributed by atoms with Gasteiger partial charge < -0.3 is 20.6 Å². The summed E-state index contributed by atoms with van der Waals surface area (Å²) >= 11 is 0. The SMILES string of the molecule is CC(C=CC(O)=C1C(=O)NC(Cc2ccc(O)cc2)C1=O)=CC(C)C(C)O. The second-order valence-electron chi connectivity index (χ2n) is 6.86. The van der Waals surface area contributed by atoms with Crippen LogP contribution in [0, 0.1) is 5.92 Å². The number of nitrogens with one attached hydrogen (secondary N) is 1. The predicted molar refractivity (Wildman–Crippen MR) is 102 cm³/mol. The molecule has 1 saturated heterocycles. The second kappa shape index (κ2) is 8.68. The van der Waals surface area contributed by atoms with E-state index in [9.17, 15) is 24.9 Å². The number of phenols is 1. The van der Waals surface area contributed by atoms with Gasteiger partial charge in [-0.05, 0) is 37.6 Å². The molecular weight excluding hydrogens is 346 g/mol. The van der Waals surface area contributed by atoms with E-state index in [1.165, 1.54) is 18.2 Å². The molecule has 3 atom stereocenters. The first kappa shape index (κ1) is 20.5. The maximum Gasteiger partial charge on any atom is 0.259 e. The van der Waals surface area contributed by atoms with Crippen molar-refractivity contribution in [3.63, 3.8) is 0 Å². The van der Waals surface area contributed by atoms with E-state index in [1.54, 1.807) is 32.1 Å². The van der Waals surface area contributed by atoms with Gasteiger partial charge in [0.1, 0.15) is 17.1 Å². The van der Waals surface area contributed by atoms with Gasteiger partial charge in [-0.25, -0.2) is 0 Å². The summed E-state index contributed by atoms with van der Waals surface area (Å²) in [6, 6.07) is 5.62. The molecule has 1 aliphatic rings. The predicted octanol–water partition coefficient (Wildman–Crippen LogP) is 2.33. The molecule has 1 amide bonds. The Morgan fingerprint density at radius 3 is 2.41 bits per heavy atom. The Morgan fingerprint density at radius 2 is 1.81 bits per heavy atom. The quantitative estimate of drug-likeness (QED) is 0.266. The lowest BCUT2D eigenvalue weighted by Gasteiger charge is -2.09. The highest BCUT2D eigenvalue weighted by Gasteiger charge is 2.37. The first-order chi connectivity index (χ1) is 12.7. The molecule has 0 aliphatic carbocycles. The average Bonchev–Trinajstić information content (AvgIpc) is 2.88. The highest BCUT2D eigenvalue weighted by atomic mass is 16.3. The Labute approximate surface area is 158 Å². The summed E-state index contributed by atoms with van der Waals surface area (Å²) in [6.07, 6.45) is 4.52. The number of aliphatic hydroxyl groups is 2. The van der Waals surface area contributed by atoms with E-state index >= 15 is 0 Å². The number of Topliss-reactive ketones (excluding diaryl/α,β-unsaturated/α-hetero) is 1. The average molecular weight is 371 g/mol. The van der Waals surface area contributed by atoms with Gasteiger partial charge in [-0.3, -0.25) is 9.59 Å². The highest BCUT2D eigenvalue weighted by Crippen LogP contribution is 2.20. The number of aromatic hydroxyl groups is 1. The number of amides is 1. The van der Waals surface area contributed by atoms with E-state index in [0.29, 0.717) is 0 Å². The van der Waals surface area contributed by atoms with Crippen molar-refractivity contribution in [3.05, 3.63) is 65.0 Å². The van der Waals surface area contributed by atoms with E-state index in [-0.39, 0.29) is 29.4 Å². The van der Waals surface area contributed by atoms with Crippen LogP contribution in [0.15, 0.2) is 59.4 Å². The summed E-state index contributed by atoms with van der Waals surface area (Å²) < 4.78 is 0. The van der Waals surface area contributed by atoms with Crippen molar-refractivity contribution in [2.24, 2.45) is 5.92 Å². The van der Waals surface area contributed by atoms with Crippen molar-refractivity contribution in [3.8, 4) is 5.75 Å². The first-order valence-corrected chi connectivity index (χ1v) is 8.79. The molecule has 27 heavy (non-hydrogen) atoms. The van der Waals surface area contributed by atoms with Gasteiger partial charge in [0.2, 0.25) is 0 Å². The summed E-state index contributed by atoms with van der Waals surface area (Å²) in [7, 11) is 0. The van der Waals surface area contributed by atoms with Gasteiger partial charge in [-0.2, -0.15) is 0 Å².